The van der Waals surface area contributed by atoms with Gasteiger partial charge in [-0.2, -0.15) is 5.10 Å². The van der Waals surface area contributed by atoms with E-state index in [1.165, 1.54) is 12.8 Å². The fourth-order valence-electron chi connectivity index (χ4n) is 1.71. The first kappa shape index (κ1) is 27.8. The minimum absolute atomic E-state index is 0. The molecule has 0 aliphatic carbocycles. The van der Waals surface area contributed by atoms with Crippen LogP contribution in [-0.4, -0.2) is 34.2 Å². The molecule has 0 atom stereocenters. The molecule has 0 aliphatic heterocycles. The molecule has 0 N–H and O–H groups in total. The van der Waals surface area contributed by atoms with Gasteiger partial charge in [0.2, 0.25) is 0 Å². The first-order valence-corrected chi connectivity index (χ1v) is 8.17. The van der Waals surface area contributed by atoms with Gasteiger partial charge in [-0.25, -0.2) is 0 Å². The summed E-state index contributed by atoms with van der Waals surface area (Å²) < 4.78 is 1.87. The Kier molecular flexibility index (Phi) is 17.3. The molecule has 25 heavy (non-hydrogen) atoms. The predicted molar refractivity (Wildman–Crippen MR) is 105 cm³/mol. The highest BCUT2D eigenvalue weighted by atomic mass is 16.6. The van der Waals surface area contributed by atoms with Crippen molar-refractivity contribution in [2.24, 2.45) is 18.1 Å². The molecule has 1 rings (SSSR count). The summed E-state index contributed by atoms with van der Waals surface area (Å²) in [4.78, 5) is 26.2. The van der Waals surface area contributed by atoms with E-state index >= 15 is 0 Å². The second kappa shape index (κ2) is 15.5. The molecule has 0 saturated heterocycles. The van der Waals surface area contributed by atoms with Crippen LogP contribution in [0.4, 0.5) is 0 Å². The number of aryl methyl sites for hydroxylation is 3. The van der Waals surface area contributed by atoms with Crippen molar-refractivity contribution < 1.29 is 14.4 Å². The van der Waals surface area contributed by atoms with Crippen LogP contribution in [0.25, 0.3) is 0 Å². The van der Waals surface area contributed by atoms with Gasteiger partial charge in [-0.15, -0.1) is 0 Å². The second-order valence-electron chi connectivity index (χ2n) is 5.63. The van der Waals surface area contributed by atoms with E-state index in [4.69, 9.17) is 0 Å². The first-order chi connectivity index (χ1) is 11.1. The van der Waals surface area contributed by atoms with Crippen LogP contribution < -0.4 is 0 Å². The summed E-state index contributed by atoms with van der Waals surface area (Å²) in [6.45, 7) is 13.0. The fourth-order valence-corrected chi connectivity index (χ4v) is 1.71. The van der Waals surface area contributed by atoms with Crippen molar-refractivity contribution in [3.8, 4) is 0 Å². The highest BCUT2D eigenvalue weighted by molar-refractivity contribution is 6.01. The maximum atomic E-state index is 10.9. The molecule has 6 nitrogen and oxygen atoms in total. The molecule has 0 saturated carbocycles. The molecular formula is C19H37N3O3. The number of rotatable bonds is 5. The Labute approximate surface area is 153 Å². The number of hydrogen-bond donors (Lipinski definition) is 0. The molecule has 0 bridgehead atoms. The zero-order valence-electron chi connectivity index (χ0n) is 16.6. The van der Waals surface area contributed by atoms with Crippen LogP contribution in [0, 0.1) is 19.8 Å². The van der Waals surface area contributed by atoms with E-state index in [2.05, 4.69) is 21.2 Å². The summed E-state index contributed by atoms with van der Waals surface area (Å²) in [5.41, 5.74) is 3.24. The number of nitrogens with zero attached hydrogens (tertiary/aromatic N) is 3. The van der Waals surface area contributed by atoms with Crippen molar-refractivity contribution in [2.45, 2.75) is 68.7 Å². The molecule has 0 aliphatic rings. The minimum atomic E-state index is -0.380. The van der Waals surface area contributed by atoms with E-state index in [9.17, 15) is 9.59 Å². The third kappa shape index (κ3) is 14.1. The molecule has 146 valence electrons. The van der Waals surface area contributed by atoms with Crippen molar-refractivity contribution in [2.75, 3.05) is 7.11 Å². The lowest BCUT2D eigenvalue weighted by Crippen LogP contribution is -2.19. The summed E-state index contributed by atoms with van der Waals surface area (Å²) in [5, 5.41) is 7.67. The largest absolute Gasteiger partial charge is 0.399 e. The summed E-state index contributed by atoms with van der Waals surface area (Å²) >= 11 is 0. The van der Waals surface area contributed by atoms with Crippen LogP contribution in [-0.2, 0) is 21.5 Å². The second-order valence-corrected chi connectivity index (χ2v) is 5.63. The fraction of sp³-hybridized carbons (Fsp3) is 0.684. The van der Waals surface area contributed by atoms with Gasteiger partial charge in [-0.1, -0.05) is 26.4 Å². The Bertz CT molecular complexity index is 495. The molecule has 0 amide bonds. The average molecular weight is 356 g/mol. The van der Waals surface area contributed by atoms with Gasteiger partial charge in [0.15, 0.2) is 0 Å². The quantitative estimate of drug-likeness (QED) is 0.449. The van der Waals surface area contributed by atoms with Gasteiger partial charge in [-0.05, 0) is 40.7 Å². The van der Waals surface area contributed by atoms with Gasteiger partial charge in [0.05, 0.1) is 17.3 Å². The van der Waals surface area contributed by atoms with E-state index < -0.39 is 0 Å². The Hall–Kier alpha value is -1.98. The van der Waals surface area contributed by atoms with Gasteiger partial charge in [0.25, 0.3) is 0 Å². The molecule has 1 heterocycles. The zero-order valence-corrected chi connectivity index (χ0v) is 16.6. The van der Waals surface area contributed by atoms with Crippen LogP contribution in [0.1, 0.15) is 66.3 Å². The molecule has 1 aromatic rings. The molecule has 0 unspecified atom stereocenters. The van der Waals surface area contributed by atoms with E-state index in [1.54, 1.807) is 20.8 Å². The summed E-state index contributed by atoms with van der Waals surface area (Å²) in [7, 11) is 3.48. The number of carbonyl (C=O) groups is 2. The smallest absolute Gasteiger partial charge is 0.142 e. The van der Waals surface area contributed by atoms with Crippen molar-refractivity contribution >= 4 is 17.3 Å². The van der Waals surface area contributed by atoms with E-state index in [1.807, 2.05) is 39.4 Å². The summed E-state index contributed by atoms with van der Waals surface area (Å²) in [6, 6.07) is 2.06. The molecular weight excluding hydrogens is 318 g/mol. The van der Waals surface area contributed by atoms with Crippen LogP contribution in [0.15, 0.2) is 11.2 Å². The Morgan fingerprint density at radius 2 is 1.64 bits per heavy atom. The highest BCUT2D eigenvalue weighted by Crippen LogP contribution is 2.03. The standard InChI is InChI=1S/C8H14O2.C6H10N2.C4H9NO.CH4/c1-4-7(9)6(3)8(10)5-2;1-5-4-6(2)8(3)7-5;1-4(2)5-6-3;/h6H,4-5H2,1-3H3;4H,1-3H3;1-3H3;1H4. The number of aromatic nitrogens is 2. The zero-order chi connectivity index (χ0) is 19.3. The highest BCUT2D eigenvalue weighted by Gasteiger charge is 2.16. The van der Waals surface area contributed by atoms with Gasteiger partial charge in [-0.3, -0.25) is 14.3 Å². The van der Waals surface area contributed by atoms with Crippen molar-refractivity contribution in [3.63, 3.8) is 0 Å². The molecule has 0 fully saturated rings. The Morgan fingerprint density at radius 1 is 1.20 bits per heavy atom. The third-order valence-corrected chi connectivity index (χ3v) is 3.17. The lowest BCUT2D eigenvalue weighted by molar-refractivity contribution is -0.131. The van der Waals surface area contributed by atoms with E-state index in [-0.39, 0.29) is 24.9 Å². The first-order valence-electron chi connectivity index (χ1n) is 8.17. The lowest BCUT2D eigenvalue weighted by atomic mass is 9.98. The summed E-state index contributed by atoms with van der Waals surface area (Å²) in [5.74, 6) is -0.284. The van der Waals surface area contributed by atoms with Crippen LogP contribution in [0.5, 0.6) is 0 Å². The number of Topliss-reactive ketones (excluding diaryl/α,β-unsaturated/α-hetero) is 2. The van der Waals surface area contributed by atoms with E-state index in [0.717, 1.165) is 11.4 Å². The third-order valence-electron chi connectivity index (χ3n) is 3.17. The SMILES string of the molecule is C.CCC(=O)C(C)C(=O)CC.CON=C(C)C.Cc1cc(C)n(C)n1. The van der Waals surface area contributed by atoms with Crippen LogP contribution >= 0.6 is 0 Å². The number of ketones is 2. The normalized spacial score (nSPS) is 8.88. The Balaban J connectivity index is -0.000000293. The molecule has 0 spiro atoms. The van der Waals surface area contributed by atoms with E-state index in [0.29, 0.717) is 12.8 Å². The van der Waals surface area contributed by atoms with Crippen molar-refractivity contribution in [3.05, 3.63) is 17.5 Å². The molecule has 6 heteroatoms. The molecule has 0 radical (unpaired) electrons. The Morgan fingerprint density at radius 3 is 1.76 bits per heavy atom. The van der Waals surface area contributed by atoms with Crippen LogP contribution in [0.3, 0.4) is 0 Å². The van der Waals surface area contributed by atoms with Crippen molar-refractivity contribution in [1.82, 2.24) is 9.78 Å². The maximum Gasteiger partial charge on any atom is 0.142 e. The van der Waals surface area contributed by atoms with Gasteiger partial charge >= 0.3 is 0 Å². The minimum Gasteiger partial charge on any atom is -0.399 e. The van der Waals surface area contributed by atoms with Gasteiger partial charge < -0.3 is 4.84 Å². The summed E-state index contributed by atoms with van der Waals surface area (Å²) in [6.07, 6.45) is 0.930. The molecule has 1 aromatic heterocycles. The maximum absolute atomic E-state index is 10.9. The predicted octanol–water partition coefficient (Wildman–Crippen LogP) is 4.28. The topological polar surface area (TPSA) is 73.6 Å². The van der Waals surface area contributed by atoms with Gasteiger partial charge in [0, 0.05) is 25.6 Å². The number of carbonyl (C=O) groups excluding carboxylic acids is 2. The van der Waals surface area contributed by atoms with Crippen LogP contribution in [0.2, 0.25) is 0 Å². The van der Waals surface area contributed by atoms with Crippen molar-refractivity contribution in [1.29, 1.82) is 0 Å². The average Bonchev–Trinajstić information content (AvgIpc) is 2.82. The monoisotopic (exact) mass is 355 g/mol. The number of oxime groups is 1. The number of hydrogen-bond acceptors (Lipinski definition) is 5. The lowest BCUT2D eigenvalue weighted by Gasteiger charge is -2.04. The molecule has 0 aromatic carbocycles. The van der Waals surface area contributed by atoms with Gasteiger partial charge in [0.1, 0.15) is 18.7 Å².